The van der Waals surface area contributed by atoms with Gasteiger partial charge in [0.1, 0.15) is 11.5 Å². The molecule has 2 aromatic rings. The zero-order chi connectivity index (χ0) is 20.5. The van der Waals surface area contributed by atoms with E-state index in [2.05, 4.69) is 10.9 Å². The lowest BCUT2D eigenvalue weighted by atomic mass is 10.1. The standard InChI is InChI=1S/C20H21ClN2O5/c1-3-28-15-7-4-13(5-8-15)17(24)9-11-19(25)22-23-20(26)16-12-14(21)6-10-18(16)27-2/h4-8,10,12H,3,9,11H2,1-2H3,(H,22,25)(H,23,26). The van der Waals surface area contributed by atoms with E-state index >= 15 is 0 Å². The highest BCUT2D eigenvalue weighted by Crippen LogP contribution is 2.22. The highest BCUT2D eigenvalue weighted by atomic mass is 35.5. The van der Waals surface area contributed by atoms with Crippen LogP contribution in [0.4, 0.5) is 0 Å². The van der Waals surface area contributed by atoms with Crippen LogP contribution in [0, 0.1) is 0 Å². The highest BCUT2D eigenvalue weighted by molar-refractivity contribution is 6.31. The summed E-state index contributed by atoms with van der Waals surface area (Å²) in [5.41, 5.74) is 5.23. The number of hydrogen-bond donors (Lipinski definition) is 2. The maximum absolute atomic E-state index is 12.2. The van der Waals surface area contributed by atoms with Crippen molar-refractivity contribution in [3.63, 3.8) is 0 Å². The summed E-state index contributed by atoms with van der Waals surface area (Å²) in [6, 6.07) is 11.3. The Morgan fingerprint density at radius 2 is 1.71 bits per heavy atom. The number of amides is 2. The molecule has 2 aromatic carbocycles. The molecule has 0 bridgehead atoms. The summed E-state index contributed by atoms with van der Waals surface area (Å²) in [5.74, 6) is -0.252. The quantitative estimate of drug-likeness (QED) is 0.520. The molecule has 2 N–H and O–H groups in total. The first-order valence-electron chi connectivity index (χ1n) is 8.63. The van der Waals surface area contributed by atoms with Gasteiger partial charge in [0.05, 0.1) is 19.3 Å². The fraction of sp³-hybridized carbons (Fsp3) is 0.250. The van der Waals surface area contributed by atoms with Gasteiger partial charge in [0.25, 0.3) is 5.91 Å². The Balaban J connectivity index is 1.83. The van der Waals surface area contributed by atoms with Crippen LogP contribution in [0.25, 0.3) is 0 Å². The Bertz CT molecular complexity index is 852. The van der Waals surface area contributed by atoms with E-state index in [9.17, 15) is 14.4 Å². The second-order valence-corrected chi connectivity index (χ2v) is 6.16. The monoisotopic (exact) mass is 404 g/mol. The van der Waals surface area contributed by atoms with Crippen LogP contribution < -0.4 is 20.3 Å². The number of ether oxygens (including phenoxy) is 2. The van der Waals surface area contributed by atoms with E-state index in [1.807, 2.05) is 6.92 Å². The summed E-state index contributed by atoms with van der Waals surface area (Å²) in [6.45, 7) is 2.42. The van der Waals surface area contributed by atoms with Crippen molar-refractivity contribution in [1.82, 2.24) is 10.9 Å². The number of halogens is 1. The van der Waals surface area contributed by atoms with Gasteiger partial charge in [-0.15, -0.1) is 0 Å². The zero-order valence-corrected chi connectivity index (χ0v) is 16.3. The molecule has 0 saturated heterocycles. The number of Topliss-reactive ketones (excluding diaryl/α,β-unsaturated/α-hetero) is 1. The van der Waals surface area contributed by atoms with Crippen LogP contribution in [0.1, 0.15) is 40.5 Å². The maximum atomic E-state index is 12.2. The lowest BCUT2D eigenvalue weighted by molar-refractivity contribution is -0.121. The van der Waals surface area contributed by atoms with Crippen LogP contribution in [-0.2, 0) is 4.79 Å². The van der Waals surface area contributed by atoms with Gasteiger partial charge >= 0.3 is 0 Å². The molecule has 2 amide bonds. The minimum Gasteiger partial charge on any atom is -0.496 e. The Hall–Kier alpha value is -3.06. The van der Waals surface area contributed by atoms with Crippen LogP contribution in [0.2, 0.25) is 5.02 Å². The number of benzene rings is 2. The van der Waals surface area contributed by atoms with Gasteiger partial charge in [-0.2, -0.15) is 0 Å². The van der Waals surface area contributed by atoms with Gasteiger partial charge in [-0.25, -0.2) is 0 Å². The van der Waals surface area contributed by atoms with Gasteiger partial charge in [0.2, 0.25) is 5.91 Å². The van der Waals surface area contributed by atoms with E-state index < -0.39 is 11.8 Å². The number of nitrogens with one attached hydrogen (secondary N) is 2. The summed E-state index contributed by atoms with van der Waals surface area (Å²) in [5, 5.41) is 0.359. The van der Waals surface area contributed by atoms with Crippen molar-refractivity contribution >= 4 is 29.2 Å². The molecular formula is C20H21ClN2O5. The summed E-state index contributed by atoms with van der Waals surface area (Å²) < 4.78 is 10.4. The summed E-state index contributed by atoms with van der Waals surface area (Å²) in [4.78, 5) is 36.3. The predicted octanol–water partition coefficient (Wildman–Crippen LogP) is 3.17. The van der Waals surface area contributed by atoms with Gasteiger partial charge < -0.3 is 9.47 Å². The van der Waals surface area contributed by atoms with Gasteiger partial charge in [0.15, 0.2) is 5.78 Å². The molecule has 0 aliphatic heterocycles. The Kier molecular flexibility index (Phi) is 7.83. The van der Waals surface area contributed by atoms with Crippen LogP contribution in [0.15, 0.2) is 42.5 Å². The summed E-state index contributed by atoms with van der Waals surface area (Å²) in [6.07, 6.45) is -0.0603. The first kappa shape index (κ1) is 21.2. The fourth-order valence-electron chi connectivity index (χ4n) is 2.39. The van der Waals surface area contributed by atoms with Crippen molar-refractivity contribution in [3.8, 4) is 11.5 Å². The molecule has 0 fully saturated rings. The van der Waals surface area contributed by atoms with Crippen molar-refractivity contribution in [2.24, 2.45) is 0 Å². The van der Waals surface area contributed by atoms with Crippen LogP contribution in [-0.4, -0.2) is 31.3 Å². The third kappa shape index (κ3) is 5.99. The molecule has 0 saturated carbocycles. The Morgan fingerprint density at radius 3 is 2.36 bits per heavy atom. The lowest BCUT2D eigenvalue weighted by Crippen LogP contribution is -2.41. The van der Waals surface area contributed by atoms with Crippen molar-refractivity contribution in [2.45, 2.75) is 19.8 Å². The third-order valence-corrected chi connectivity index (χ3v) is 4.02. The van der Waals surface area contributed by atoms with Crippen molar-refractivity contribution in [3.05, 3.63) is 58.6 Å². The number of ketones is 1. The molecule has 8 heteroatoms. The van der Waals surface area contributed by atoms with E-state index in [-0.39, 0.29) is 24.2 Å². The first-order valence-corrected chi connectivity index (χ1v) is 9.01. The molecule has 2 rings (SSSR count). The summed E-state index contributed by atoms with van der Waals surface area (Å²) >= 11 is 5.88. The van der Waals surface area contributed by atoms with Crippen LogP contribution in [0.5, 0.6) is 11.5 Å². The maximum Gasteiger partial charge on any atom is 0.273 e. The molecule has 148 valence electrons. The number of carbonyl (C=O) groups excluding carboxylic acids is 3. The minimum absolute atomic E-state index is 0.0101. The van der Waals surface area contributed by atoms with E-state index in [1.165, 1.54) is 13.2 Å². The van der Waals surface area contributed by atoms with Gasteiger partial charge in [-0.3, -0.25) is 25.2 Å². The Labute approximate surface area is 167 Å². The number of methoxy groups -OCH3 is 1. The SMILES string of the molecule is CCOc1ccc(C(=O)CCC(=O)NNC(=O)c2cc(Cl)ccc2OC)cc1. The number of rotatable bonds is 8. The van der Waals surface area contributed by atoms with E-state index in [4.69, 9.17) is 21.1 Å². The number of carbonyl (C=O) groups is 3. The first-order chi connectivity index (χ1) is 13.4. The van der Waals surface area contributed by atoms with Gasteiger partial charge in [-0.05, 0) is 49.4 Å². The van der Waals surface area contributed by atoms with Gasteiger partial charge in [-0.1, -0.05) is 11.6 Å². The topological polar surface area (TPSA) is 93.7 Å². The molecule has 28 heavy (non-hydrogen) atoms. The molecule has 0 heterocycles. The van der Waals surface area contributed by atoms with Crippen LogP contribution >= 0.6 is 11.6 Å². The largest absolute Gasteiger partial charge is 0.496 e. The number of hydrazine groups is 1. The van der Waals surface area contributed by atoms with Crippen molar-refractivity contribution < 1.29 is 23.9 Å². The predicted molar refractivity (Wildman–Crippen MR) is 105 cm³/mol. The molecule has 0 spiro atoms. The van der Waals surface area contributed by atoms with Crippen molar-refractivity contribution in [2.75, 3.05) is 13.7 Å². The normalized spacial score (nSPS) is 10.1. The second kappa shape index (κ2) is 10.3. The fourth-order valence-corrected chi connectivity index (χ4v) is 2.56. The zero-order valence-electron chi connectivity index (χ0n) is 15.6. The lowest BCUT2D eigenvalue weighted by Gasteiger charge is -2.10. The molecule has 0 aliphatic carbocycles. The molecule has 7 nitrogen and oxygen atoms in total. The molecule has 0 aliphatic rings. The smallest absolute Gasteiger partial charge is 0.273 e. The average Bonchev–Trinajstić information content (AvgIpc) is 2.71. The molecule has 0 unspecified atom stereocenters. The van der Waals surface area contributed by atoms with E-state index in [0.717, 1.165) is 0 Å². The molecule has 0 atom stereocenters. The Morgan fingerprint density at radius 1 is 1.00 bits per heavy atom. The average molecular weight is 405 g/mol. The molecular weight excluding hydrogens is 384 g/mol. The highest BCUT2D eigenvalue weighted by Gasteiger charge is 2.15. The number of hydrogen-bond acceptors (Lipinski definition) is 5. The molecule has 0 aromatic heterocycles. The van der Waals surface area contributed by atoms with E-state index in [1.54, 1.807) is 36.4 Å². The van der Waals surface area contributed by atoms with Crippen LogP contribution in [0.3, 0.4) is 0 Å². The second-order valence-electron chi connectivity index (χ2n) is 5.73. The summed E-state index contributed by atoms with van der Waals surface area (Å²) in [7, 11) is 1.42. The third-order valence-electron chi connectivity index (χ3n) is 3.79. The minimum atomic E-state index is -0.578. The molecule has 0 radical (unpaired) electrons. The van der Waals surface area contributed by atoms with E-state index in [0.29, 0.717) is 28.7 Å². The van der Waals surface area contributed by atoms with Crippen molar-refractivity contribution in [1.29, 1.82) is 0 Å². The van der Waals surface area contributed by atoms with Gasteiger partial charge in [0, 0.05) is 23.4 Å².